The van der Waals surface area contributed by atoms with E-state index in [0.717, 1.165) is 0 Å². The number of amides is 1. The summed E-state index contributed by atoms with van der Waals surface area (Å²) in [6.45, 7) is 0. The van der Waals surface area contributed by atoms with Crippen molar-refractivity contribution in [3.8, 4) is 0 Å². The monoisotopic (exact) mass is 246 g/mol. The van der Waals surface area contributed by atoms with Crippen LogP contribution in [0.25, 0.3) is 10.9 Å². The number of rotatable bonds is 2. The number of halogens is 1. The third-order valence-corrected chi connectivity index (χ3v) is 2.39. The second-order valence-electron chi connectivity index (χ2n) is 3.55. The van der Waals surface area contributed by atoms with Gasteiger partial charge in [-0.1, -0.05) is 0 Å². The Morgan fingerprint density at radius 1 is 1.33 bits per heavy atom. The molecule has 0 atom stereocenters. The normalized spacial score (nSPS) is 10.7. The van der Waals surface area contributed by atoms with E-state index < -0.39 is 11.7 Å². The molecule has 0 bridgehead atoms. The number of nitrogens with one attached hydrogen (secondary N) is 3. The quantitative estimate of drug-likeness (QED) is 0.629. The number of fused-ring (bicyclic) bond motifs is 1. The Morgan fingerprint density at radius 2 is 2.22 bits per heavy atom. The van der Waals surface area contributed by atoms with Crippen LogP contribution in [0.15, 0.2) is 24.5 Å². The lowest BCUT2D eigenvalue weighted by Gasteiger charge is -1.98. The van der Waals surface area contributed by atoms with Crippen LogP contribution in [-0.2, 0) is 0 Å². The molecule has 3 aromatic rings. The first-order chi connectivity index (χ1) is 8.74. The summed E-state index contributed by atoms with van der Waals surface area (Å²) in [4.78, 5) is 15.6. The summed E-state index contributed by atoms with van der Waals surface area (Å²) in [5.74, 6) is -0.728. The van der Waals surface area contributed by atoms with Crippen LogP contribution in [0.4, 0.5) is 10.3 Å². The first kappa shape index (κ1) is 10.4. The van der Waals surface area contributed by atoms with Crippen LogP contribution in [0.5, 0.6) is 0 Å². The summed E-state index contributed by atoms with van der Waals surface area (Å²) < 4.78 is 13.1. The topological polar surface area (TPSA) is 99.3 Å². The first-order valence-corrected chi connectivity index (χ1v) is 5.04. The molecule has 3 N–H and O–H groups in total. The molecule has 0 saturated carbocycles. The van der Waals surface area contributed by atoms with Gasteiger partial charge in [0.05, 0.1) is 5.52 Å². The molecule has 0 unspecified atom stereocenters. The summed E-state index contributed by atoms with van der Waals surface area (Å²) in [5.41, 5.74) is 0.681. The molecule has 0 aliphatic carbocycles. The highest BCUT2D eigenvalue weighted by atomic mass is 19.1. The van der Waals surface area contributed by atoms with E-state index >= 15 is 0 Å². The maximum Gasteiger partial charge on any atom is 0.279 e. The van der Waals surface area contributed by atoms with Gasteiger partial charge in [-0.2, -0.15) is 15.2 Å². The minimum absolute atomic E-state index is 0.0981. The molecule has 18 heavy (non-hydrogen) atoms. The summed E-state index contributed by atoms with van der Waals surface area (Å²) >= 11 is 0. The maximum atomic E-state index is 13.1. The Kier molecular flexibility index (Phi) is 2.26. The van der Waals surface area contributed by atoms with Crippen molar-refractivity contribution < 1.29 is 9.18 Å². The molecule has 0 fully saturated rings. The van der Waals surface area contributed by atoms with Gasteiger partial charge >= 0.3 is 0 Å². The molecule has 0 saturated heterocycles. The second kappa shape index (κ2) is 3.91. The molecule has 2 heterocycles. The number of H-pyrrole nitrogens is 2. The van der Waals surface area contributed by atoms with E-state index in [1.807, 2.05) is 0 Å². The van der Waals surface area contributed by atoms with Crippen LogP contribution in [0.1, 0.15) is 10.5 Å². The van der Waals surface area contributed by atoms with Crippen LogP contribution >= 0.6 is 0 Å². The van der Waals surface area contributed by atoms with E-state index in [0.29, 0.717) is 10.9 Å². The number of carbonyl (C=O) groups excluding carboxylic acids is 1. The maximum absolute atomic E-state index is 13.1. The van der Waals surface area contributed by atoms with E-state index in [1.54, 1.807) is 0 Å². The molecule has 2 aromatic heterocycles. The zero-order valence-electron chi connectivity index (χ0n) is 8.94. The van der Waals surface area contributed by atoms with Crippen molar-refractivity contribution in [3.05, 3.63) is 36.0 Å². The number of carbonyl (C=O) groups is 1. The fraction of sp³-hybridized carbons (Fsp3) is 0. The van der Waals surface area contributed by atoms with Gasteiger partial charge in [-0.25, -0.2) is 9.49 Å². The van der Waals surface area contributed by atoms with Gasteiger partial charge < -0.3 is 0 Å². The van der Waals surface area contributed by atoms with Gasteiger partial charge in [0.15, 0.2) is 5.69 Å². The highest BCUT2D eigenvalue weighted by Crippen LogP contribution is 2.17. The van der Waals surface area contributed by atoms with Crippen molar-refractivity contribution in [2.45, 2.75) is 0 Å². The average molecular weight is 246 g/mol. The largest absolute Gasteiger partial charge is 0.289 e. The van der Waals surface area contributed by atoms with Crippen molar-refractivity contribution in [3.63, 3.8) is 0 Å². The Labute approximate surface area is 99.4 Å². The van der Waals surface area contributed by atoms with Crippen molar-refractivity contribution in [2.24, 2.45) is 0 Å². The minimum atomic E-state index is -0.497. The third-order valence-electron chi connectivity index (χ3n) is 2.39. The lowest BCUT2D eigenvalue weighted by Crippen LogP contribution is -2.13. The van der Waals surface area contributed by atoms with Crippen molar-refractivity contribution in [2.75, 3.05) is 5.32 Å². The predicted molar refractivity (Wildman–Crippen MR) is 60.4 cm³/mol. The fourth-order valence-corrected chi connectivity index (χ4v) is 1.59. The third kappa shape index (κ3) is 1.69. The number of anilines is 1. The van der Waals surface area contributed by atoms with Crippen molar-refractivity contribution in [1.82, 2.24) is 25.4 Å². The van der Waals surface area contributed by atoms with Gasteiger partial charge in [0.25, 0.3) is 5.91 Å². The van der Waals surface area contributed by atoms with Gasteiger partial charge in [0, 0.05) is 5.39 Å². The standard InChI is InChI=1S/C10H7FN6O/c11-5-1-2-7-6(3-5)8(16-15-7)9(18)14-10-12-4-13-17-10/h1-4H,(H,15,16)(H2,12,13,14,17,18). The molecule has 0 aliphatic rings. The number of nitrogens with zero attached hydrogens (tertiary/aromatic N) is 3. The smallest absolute Gasteiger partial charge is 0.279 e. The van der Waals surface area contributed by atoms with Crippen molar-refractivity contribution >= 4 is 22.8 Å². The molecule has 8 heteroatoms. The predicted octanol–water partition coefficient (Wildman–Crippen LogP) is 1.07. The van der Waals surface area contributed by atoms with E-state index in [2.05, 4.69) is 30.7 Å². The summed E-state index contributed by atoms with van der Waals surface area (Å²) in [5, 5.41) is 15.5. The van der Waals surface area contributed by atoms with Gasteiger partial charge in [-0.05, 0) is 18.2 Å². The fourth-order valence-electron chi connectivity index (χ4n) is 1.59. The second-order valence-corrected chi connectivity index (χ2v) is 3.55. The SMILES string of the molecule is O=C(Nc1ncn[nH]1)c1n[nH]c2ccc(F)cc12. The number of benzene rings is 1. The summed E-state index contributed by atoms with van der Waals surface area (Å²) in [6.07, 6.45) is 1.26. The van der Waals surface area contributed by atoms with Crippen LogP contribution < -0.4 is 5.32 Å². The number of hydrogen-bond acceptors (Lipinski definition) is 4. The minimum Gasteiger partial charge on any atom is -0.289 e. The molecule has 90 valence electrons. The van der Waals surface area contributed by atoms with Gasteiger partial charge in [0.2, 0.25) is 5.95 Å². The van der Waals surface area contributed by atoms with Gasteiger partial charge in [-0.15, -0.1) is 0 Å². The summed E-state index contributed by atoms with van der Waals surface area (Å²) in [6, 6.07) is 4.05. The molecule has 7 nitrogen and oxygen atoms in total. The van der Waals surface area contributed by atoms with Crippen LogP contribution in [0.3, 0.4) is 0 Å². The molecule has 1 aromatic carbocycles. The molecule has 3 rings (SSSR count). The molecule has 0 aliphatic heterocycles. The summed E-state index contributed by atoms with van der Waals surface area (Å²) in [7, 11) is 0. The lowest BCUT2D eigenvalue weighted by atomic mass is 10.2. The number of aromatic amines is 2. The lowest BCUT2D eigenvalue weighted by molar-refractivity contribution is 0.102. The molecular formula is C10H7FN6O. The zero-order chi connectivity index (χ0) is 12.5. The average Bonchev–Trinajstić information content (AvgIpc) is 2.97. The van der Waals surface area contributed by atoms with E-state index in [1.165, 1.54) is 24.5 Å². The van der Waals surface area contributed by atoms with Crippen LogP contribution in [0, 0.1) is 5.82 Å². The van der Waals surface area contributed by atoms with Crippen LogP contribution in [0.2, 0.25) is 0 Å². The molecule has 1 amide bonds. The highest BCUT2D eigenvalue weighted by Gasteiger charge is 2.15. The Balaban J connectivity index is 1.98. The van der Waals surface area contributed by atoms with Gasteiger partial charge in [0.1, 0.15) is 12.1 Å². The van der Waals surface area contributed by atoms with E-state index in [4.69, 9.17) is 0 Å². The molecule has 0 radical (unpaired) electrons. The number of hydrogen-bond donors (Lipinski definition) is 3. The Hall–Kier alpha value is -2.77. The highest BCUT2D eigenvalue weighted by molar-refractivity contribution is 6.10. The van der Waals surface area contributed by atoms with E-state index in [-0.39, 0.29) is 11.6 Å². The molecular weight excluding hydrogens is 239 g/mol. The van der Waals surface area contributed by atoms with Crippen LogP contribution in [-0.4, -0.2) is 31.3 Å². The Morgan fingerprint density at radius 3 is 3.00 bits per heavy atom. The first-order valence-electron chi connectivity index (χ1n) is 5.04. The number of aromatic nitrogens is 5. The zero-order valence-corrected chi connectivity index (χ0v) is 8.94. The van der Waals surface area contributed by atoms with Crippen molar-refractivity contribution in [1.29, 1.82) is 0 Å². The van der Waals surface area contributed by atoms with Gasteiger partial charge in [-0.3, -0.25) is 15.2 Å². The molecule has 0 spiro atoms. The Bertz CT molecular complexity index is 704. The van der Waals surface area contributed by atoms with E-state index in [9.17, 15) is 9.18 Å².